The zero-order valence-corrected chi connectivity index (χ0v) is 17.9. The molecule has 4 nitrogen and oxygen atoms in total. The molecule has 1 aliphatic heterocycles. The number of rotatable bonds is 3. The summed E-state index contributed by atoms with van der Waals surface area (Å²) >= 11 is 6.15. The molecule has 0 aromatic heterocycles. The third kappa shape index (κ3) is 4.04. The van der Waals surface area contributed by atoms with Gasteiger partial charge in [-0.05, 0) is 35.9 Å². The Hall–Kier alpha value is -1.63. The lowest BCUT2D eigenvalue weighted by Crippen LogP contribution is -3.10. The zero-order valence-electron chi connectivity index (χ0n) is 15.5. The lowest BCUT2D eigenvalue weighted by Gasteiger charge is -2.32. The third-order valence-electron chi connectivity index (χ3n) is 5.27. The summed E-state index contributed by atoms with van der Waals surface area (Å²) < 4.78 is 27.8. The van der Waals surface area contributed by atoms with Crippen molar-refractivity contribution in [2.75, 3.05) is 26.2 Å². The van der Waals surface area contributed by atoms with E-state index < -0.39 is 10.0 Å². The summed E-state index contributed by atoms with van der Waals surface area (Å²) in [4.78, 5) is 1.64. The predicted octanol–water partition coefficient (Wildman–Crippen LogP) is 0.0265. The molecule has 1 fully saturated rings. The van der Waals surface area contributed by atoms with Crippen LogP contribution in [0.15, 0.2) is 65.6 Å². The van der Waals surface area contributed by atoms with Gasteiger partial charge in [-0.3, -0.25) is 0 Å². The molecule has 0 atom stereocenters. The fraction of sp³-hybridized carbons (Fsp3) is 0.238. The molecule has 0 aliphatic carbocycles. The maximum atomic E-state index is 13.1. The number of hydrogen-bond donors (Lipinski definition) is 1. The van der Waals surface area contributed by atoms with Crippen LogP contribution in [0.25, 0.3) is 10.8 Å². The van der Waals surface area contributed by atoms with Crippen LogP contribution in [0.4, 0.5) is 5.69 Å². The van der Waals surface area contributed by atoms with E-state index in [1.165, 1.54) is 10.5 Å². The molecular weight excluding hydrogens is 415 g/mol. The van der Waals surface area contributed by atoms with Crippen molar-refractivity contribution in [3.05, 3.63) is 71.2 Å². The molecule has 0 radical (unpaired) electrons. The molecule has 0 bridgehead atoms. The molecule has 1 heterocycles. The van der Waals surface area contributed by atoms with Gasteiger partial charge >= 0.3 is 0 Å². The van der Waals surface area contributed by atoms with Gasteiger partial charge in [-0.15, -0.1) is 0 Å². The van der Waals surface area contributed by atoms with Crippen molar-refractivity contribution >= 4 is 38.1 Å². The quantitative estimate of drug-likeness (QED) is 0.628. The minimum absolute atomic E-state index is 0. The van der Waals surface area contributed by atoms with E-state index in [1.807, 2.05) is 48.5 Å². The summed E-state index contributed by atoms with van der Waals surface area (Å²) in [6.07, 6.45) is 0. The Balaban J connectivity index is 0.00000225. The molecule has 7 heteroatoms. The van der Waals surface area contributed by atoms with Gasteiger partial charge < -0.3 is 17.3 Å². The maximum Gasteiger partial charge on any atom is 0.243 e. The van der Waals surface area contributed by atoms with Gasteiger partial charge in [0.15, 0.2) is 0 Å². The van der Waals surface area contributed by atoms with Crippen LogP contribution in [-0.2, 0) is 10.0 Å². The minimum Gasteiger partial charge on any atom is -1.00 e. The van der Waals surface area contributed by atoms with Gasteiger partial charge in [0.2, 0.25) is 10.0 Å². The van der Waals surface area contributed by atoms with Crippen molar-refractivity contribution in [3.8, 4) is 0 Å². The smallest absolute Gasteiger partial charge is 0.243 e. The SMILES string of the molecule is Cc1ccc(Cl)cc1[NH+]1CCN(S(=O)(=O)c2ccc3ccccc3c2)CC1.[Cl-]. The first-order valence-corrected chi connectivity index (χ1v) is 10.9. The van der Waals surface area contributed by atoms with E-state index in [0.29, 0.717) is 23.0 Å². The third-order valence-corrected chi connectivity index (χ3v) is 7.39. The molecule has 0 saturated carbocycles. The first kappa shape index (κ1) is 21.1. The monoisotopic (exact) mass is 436 g/mol. The number of hydrogen-bond acceptors (Lipinski definition) is 2. The number of fused-ring (bicyclic) bond motifs is 1. The van der Waals surface area contributed by atoms with Crippen molar-refractivity contribution < 1.29 is 25.7 Å². The molecule has 0 amide bonds. The normalized spacial score (nSPS) is 16.1. The van der Waals surface area contributed by atoms with Crippen molar-refractivity contribution in [3.63, 3.8) is 0 Å². The highest BCUT2D eigenvalue weighted by Crippen LogP contribution is 2.22. The number of nitrogens with zero attached hydrogens (tertiary/aromatic N) is 1. The van der Waals surface area contributed by atoms with Crippen molar-refractivity contribution in [2.45, 2.75) is 11.8 Å². The van der Waals surface area contributed by atoms with Crippen molar-refractivity contribution in [2.24, 2.45) is 0 Å². The van der Waals surface area contributed by atoms with E-state index in [9.17, 15) is 8.42 Å². The molecular formula is C21H22Cl2N2O2S. The van der Waals surface area contributed by atoms with E-state index in [-0.39, 0.29) is 12.4 Å². The van der Waals surface area contributed by atoms with E-state index in [0.717, 1.165) is 29.5 Å². The number of sulfonamides is 1. The highest BCUT2D eigenvalue weighted by molar-refractivity contribution is 7.89. The first-order chi connectivity index (χ1) is 12.9. The van der Waals surface area contributed by atoms with Gasteiger partial charge in [-0.1, -0.05) is 48.0 Å². The lowest BCUT2D eigenvalue weighted by molar-refractivity contribution is -0.837. The number of halogens is 2. The molecule has 148 valence electrons. The molecule has 1 aliphatic rings. The van der Waals surface area contributed by atoms with Gasteiger partial charge in [0.1, 0.15) is 5.69 Å². The first-order valence-electron chi connectivity index (χ1n) is 9.05. The van der Waals surface area contributed by atoms with Crippen LogP contribution in [0.5, 0.6) is 0 Å². The number of benzene rings is 3. The summed E-state index contributed by atoms with van der Waals surface area (Å²) in [6, 6.07) is 19.1. The second-order valence-electron chi connectivity index (χ2n) is 6.98. The Kier molecular flexibility index (Phi) is 6.32. The van der Waals surface area contributed by atoms with Crippen LogP contribution >= 0.6 is 11.6 Å². The molecule has 4 rings (SSSR count). The molecule has 0 unspecified atom stereocenters. The Labute approximate surface area is 177 Å². The van der Waals surface area contributed by atoms with Crippen LogP contribution in [0.3, 0.4) is 0 Å². The second kappa shape index (κ2) is 8.39. The minimum atomic E-state index is -3.48. The molecule has 28 heavy (non-hydrogen) atoms. The summed E-state index contributed by atoms with van der Waals surface area (Å²) in [7, 11) is -3.48. The second-order valence-corrected chi connectivity index (χ2v) is 9.35. The average Bonchev–Trinajstić information content (AvgIpc) is 2.69. The standard InChI is InChI=1S/C21H21ClN2O2S.ClH/c1-16-6-8-19(22)15-21(16)23-10-12-24(13-11-23)27(25,26)20-9-7-17-4-2-3-5-18(17)14-20;/h2-9,14-15H,10-13H2,1H3;1H. The molecule has 1 saturated heterocycles. The Morgan fingerprint density at radius 3 is 2.32 bits per heavy atom. The van der Waals surface area contributed by atoms with Crippen LogP contribution < -0.4 is 17.3 Å². The summed E-state index contributed by atoms with van der Waals surface area (Å²) in [6.45, 7) is 4.52. The van der Waals surface area contributed by atoms with Crippen LogP contribution in [0.2, 0.25) is 5.02 Å². The molecule has 3 aromatic rings. The van der Waals surface area contributed by atoms with Crippen molar-refractivity contribution in [1.82, 2.24) is 4.31 Å². The highest BCUT2D eigenvalue weighted by Gasteiger charge is 2.31. The van der Waals surface area contributed by atoms with Gasteiger partial charge in [-0.2, -0.15) is 4.31 Å². The number of nitrogens with one attached hydrogen (secondary N) is 1. The predicted molar refractivity (Wildman–Crippen MR) is 109 cm³/mol. The van der Waals surface area contributed by atoms with Gasteiger partial charge in [0.05, 0.1) is 31.1 Å². The number of quaternary nitrogens is 1. The number of aryl methyl sites for hydroxylation is 1. The van der Waals surface area contributed by atoms with Crippen LogP contribution in [0.1, 0.15) is 5.56 Å². The van der Waals surface area contributed by atoms with Gasteiger partial charge in [-0.25, -0.2) is 8.42 Å². The maximum absolute atomic E-state index is 13.1. The highest BCUT2D eigenvalue weighted by atomic mass is 35.5. The summed E-state index contributed by atoms with van der Waals surface area (Å²) in [5.41, 5.74) is 2.34. The zero-order chi connectivity index (χ0) is 19.0. The van der Waals surface area contributed by atoms with Crippen molar-refractivity contribution in [1.29, 1.82) is 0 Å². The fourth-order valence-corrected chi connectivity index (χ4v) is 5.37. The van der Waals surface area contributed by atoms with Gasteiger partial charge in [0, 0.05) is 16.7 Å². The van der Waals surface area contributed by atoms with E-state index in [4.69, 9.17) is 11.6 Å². The summed E-state index contributed by atoms with van der Waals surface area (Å²) in [5.74, 6) is 0. The topological polar surface area (TPSA) is 41.8 Å². The Bertz CT molecular complexity index is 1090. The Morgan fingerprint density at radius 2 is 1.61 bits per heavy atom. The van der Waals surface area contributed by atoms with Crippen LogP contribution in [-0.4, -0.2) is 38.9 Å². The number of piperazine rings is 1. The molecule has 3 aromatic carbocycles. The summed E-state index contributed by atoms with van der Waals surface area (Å²) in [5, 5.41) is 2.70. The Morgan fingerprint density at radius 1 is 0.929 bits per heavy atom. The fourth-order valence-electron chi connectivity index (χ4n) is 3.72. The largest absolute Gasteiger partial charge is 1.00 e. The van der Waals surface area contributed by atoms with E-state index in [1.54, 1.807) is 16.4 Å². The average molecular weight is 437 g/mol. The molecule has 1 N–H and O–H groups in total. The van der Waals surface area contributed by atoms with Gasteiger partial charge in [0.25, 0.3) is 0 Å². The molecule has 0 spiro atoms. The van der Waals surface area contributed by atoms with Crippen LogP contribution in [0, 0.1) is 6.92 Å². The van der Waals surface area contributed by atoms with E-state index in [2.05, 4.69) is 6.92 Å². The lowest BCUT2D eigenvalue weighted by atomic mass is 10.1. The van der Waals surface area contributed by atoms with E-state index >= 15 is 0 Å².